The van der Waals surface area contributed by atoms with E-state index in [4.69, 9.17) is 5.26 Å². The molecule has 0 saturated carbocycles. The second-order valence-electron chi connectivity index (χ2n) is 3.17. The molecule has 3 nitrogen and oxygen atoms in total. The summed E-state index contributed by atoms with van der Waals surface area (Å²) in [4.78, 5) is 6.28. The number of halogens is 1. The number of hydrogen-bond acceptors (Lipinski definition) is 4. The van der Waals surface area contributed by atoms with Crippen molar-refractivity contribution in [1.82, 2.24) is 4.98 Å². The van der Waals surface area contributed by atoms with E-state index in [9.17, 15) is 0 Å². The maximum absolute atomic E-state index is 8.83. The first-order chi connectivity index (χ1) is 7.70. The summed E-state index contributed by atoms with van der Waals surface area (Å²) in [5.41, 5.74) is 1.61. The fourth-order valence-corrected chi connectivity index (χ4v) is 2.53. The van der Waals surface area contributed by atoms with Gasteiger partial charge in [-0.1, -0.05) is 6.07 Å². The molecular weight excluding hydrogens is 286 g/mol. The zero-order chi connectivity index (χ0) is 11.5. The highest BCUT2D eigenvalue weighted by Gasteiger charge is 2.08. The van der Waals surface area contributed by atoms with Gasteiger partial charge in [0.2, 0.25) is 0 Å². The summed E-state index contributed by atoms with van der Waals surface area (Å²) >= 11 is 4.87. The Morgan fingerprint density at radius 2 is 2.31 bits per heavy atom. The van der Waals surface area contributed by atoms with Gasteiger partial charge in [-0.05, 0) is 34.1 Å². The van der Waals surface area contributed by atoms with Crippen LogP contribution in [0.4, 0.5) is 10.8 Å². The van der Waals surface area contributed by atoms with E-state index >= 15 is 0 Å². The molecule has 0 aliphatic rings. The minimum atomic E-state index is 0.653. The molecule has 0 bridgehead atoms. The number of hydrogen-bond donors (Lipinski definition) is 0. The first-order valence-electron chi connectivity index (χ1n) is 4.55. The predicted molar refractivity (Wildman–Crippen MR) is 69.0 cm³/mol. The second kappa shape index (κ2) is 4.64. The van der Waals surface area contributed by atoms with Gasteiger partial charge in [0, 0.05) is 18.1 Å². The van der Waals surface area contributed by atoms with Crippen LogP contribution in [0.2, 0.25) is 0 Å². The van der Waals surface area contributed by atoms with Gasteiger partial charge in [0.1, 0.15) is 4.60 Å². The van der Waals surface area contributed by atoms with Crippen molar-refractivity contribution < 1.29 is 0 Å². The molecule has 0 fully saturated rings. The second-order valence-corrected chi connectivity index (χ2v) is 4.82. The molecule has 0 spiro atoms. The maximum atomic E-state index is 8.83. The van der Waals surface area contributed by atoms with Crippen molar-refractivity contribution in [2.24, 2.45) is 0 Å². The zero-order valence-electron chi connectivity index (χ0n) is 8.51. The van der Waals surface area contributed by atoms with Crippen molar-refractivity contribution in [2.75, 3.05) is 11.9 Å². The number of nitrogens with zero attached hydrogens (tertiary/aromatic N) is 3. The Labute approximate surface area is 106 Å². The molecule has 0 aliphatic heterocycles. The van der Waals surface area contributed by atoms with Gasteiger partial charge < -0.3 is 4.90 Å². The molecule has 0 N–H and O–H groups in total. The molecule has 0 radical (unpaired) electrons. The number of aromatic nitrogens is 1. The number of anilines is 2. The predicted octanol–water partition coefficient (Wildman–Crippen LogP) is 3.55. The number of benzene rings is 1. The normalized spacial score (nSPS) is 9.81. The van der Waals surface area contributed by atoms with E-state index in [1.807, 2.05) is 35.5 Å². The molecule has 1 aromatic heterocycles. The summed E-state index contributed by atoms with van der Waals surface area (Å²) < 4.78 is 0.829. The van der Waals surface area contributed by atoms with Crippen LogP contribution in [0.1, 0.15) is 5.56 Å². The van der Waals surface area contributed by atoms with Gasteiger partial charge in [-0.25, -0.2) is 4.98 Å². The summed E-state index contributed by atoms with van der Waals surface area (Å²) in [6.45, 7) is 0. The lowest BCUT2D eigenvalue weighted by Crippen LogP contribution is -2.08. The Bertz CT molecular complexity index is 544. The summed E-state index contributed by atoms with van der Waals surface area (Å²) in [6, 6.07) is 9.58. The lowest BCUT2D eigenvalue weighted by Gasteiger charge is -2.15. The Morgan fingerprint density at radius 1 is 1.50 bits per heavy atom. The van der Waals surface area contributed by atoms with Crippen LogP contribution in [0.3, 0.4) is 0 Å². The lowest BCUT2D eigenvalue weighted by atomic mass is 10.2. The van der Waals surface area contributed by atoms with Gasteiger partial charge in [0.25, 0.3) is 0 Å². The van der Waals surface area contributed by atoms with Crippen LogP contribution in [0.5, 0.6) is 0 Å². The standard InChI is InChI=1S/C11H8BrN3S/c1-15(11-14-10(12)7-16-11)9-4-2-3-8(5-9)6-13/h2-5,7H,1H3. The van der Waals surface area contributed by atoms with Crippen LogP contribution in [-0.4, -0.2) is 12.0 Å². The topological polar surface area (TPSA) is 39.9 Å². The zero-order valence-corrected chi connectivity index (χ0v) is 10.9. The van der Waals surface area contributed by atoms with Gasteiger partial charge in [0.15, 0.2) is 5.13 Å². The van der Waals surface area contributed by atoms with Crippen molar-refractivity contribution >= 4 is 38.1 Å². The smallest absolute Gasteiger partial charge is 0.190 e. The van der Waals surface area contributed by atoms with Gasteiger partial charge in [-0.3, -0.25) is 0 Å². The third-order valence-corrected chi connectivity index (χ3v) is 3.74. The molecule has 0 amide bonds. The Kier molecular flexibility index (Phi) is 3.22. The van der Waals surface area contributed by atoms with Crippen LogP contribution in [0, 0.1) is 11.3 Å². The van der Waals surface area contributed by atoms with Gasteiger partial charge in [-0.15, -0.1) is 11.3 Å². The molecular formula is C11H8BrN3S. The molecule has 2 rings (SSSR count). The lowest BCUT2D eigenvalue weighted by molar-refractivity contribution is 1.16. The SMILES string of the molecule is CN(c1cccc(C#N)c1)c1nc(Br)cs1. The van der Waals surface area contributed by atoms with Crippen molar-refractivity contribution in [3.8, 4) is 6.07 Å². The first-order valence-corrected chi connectivity index (χ1v) is 6.23. The molecule has 1 aromatic carbocycles. The van der Waals surface area contributed by atoms with Crippen LogP contribution < -0.4 is 4.90 Å². The summed E-state index contributed by atoms with van der Waals surface area (Å²) in [6.07, 6.45) is 0. The van der Waals surface area contributed by atoms with Crippen LogP contribution >= 0.6 is 27.3 Å². The van der Waals surface area contributed by atoms with E-state index in [-0.39, 0.29) is 0 Å². The molecule has 2 aromatic rings. The molecule has 0 unspecified atom stereocenters. The molecule has 16 heavy (non-hydrogen) atoms. The monoisotopic (exact) mass is 293 g/mol. The van der Waals surface area contributed by atoms with Gasteiger partial charge >= 0.3 is 0 Å². The van der Waals surface area contributed by atoms with Crippen molar-refractivity contribution in [1.29, 1.82) is 5.26 Å². The number of nitriles is 1. The van der Waals surface area contributed by atoms with E-state index in [0.717, 1.165) is 15.4 Å². The third kappa shape index (κ3) is 2.23. The van der Waals surface area contributed by atoms with Crippen LogP contribution in [0.25, 0.3) is 0 Å². The summed E-state index contributed by atoms with van der Waals surface area (Å²) in [7, 11) is 1.93. The maximum Gasteiger partial charge on any atom is 0.190 e. The fraction of sp³-hybridized carbons (Fsp3) is 0.0909. The van der Waals surface area contributed by atoms with Crippen molar-refractivity contribution in [3.63, 3.8) is 0 Å². The minimum Gasteiger partial charge on any atom is -0.321 e. The van der Waals surface area contributed by atoms with Gasteiger partial charge in [0.05, 0.1) is 11.6 Å². The average Bonchev–Trinajstić information content (AvgIpc) is 2.75. The molecule has 0 atom stereocenters. The minimum absolute atomic E-state index is 0.653. The fourth-order valence-electron chi connectivity index (χ4n) is 1.29. The molecule has 0 saturated heterocycles. The van der Waals surface area contributed by atoms with Crippen LogP contribution in [-0.2, 0) is 0 Å². The molecule has 0 aliphatic carbocycles. The quantitative estimate of drug-likeness (QED) is 0.850. The Balaban J connectivity index is 2.34. The summed E-state index contributed by atoms with van der Waals surface area (Å²) in [5, 5.41) is 11.7. The summed E-state index contributed by atoms with van der Waals surface area (Å²) in [5.74, 6) is 0. The van der Waals surface area contributed by atoms with E-state index in [1.165, 1.54) is 0 Å². The van der Waals surface area contributed by atoms with Crippen LogP contribution in [0.15, 0.2) is 34.2 Å². The highest BCUT2D eigenvalue weighted by molar-refractivity contribution is 9.10. The Morgan fingerprint density at radius 3 is 2.94 bits per heavy atom. The van der Waals surface area contributed by atoms with E-state index in [0.29, 0.717) is 5.56 Å². The molecule has 1 heterocycles. The molecule has 80 valence electrons. The number of thiazole rings is 1. The first kappa shape index (κ1) is 11.1. The van der Waals surface area contributed by atoms with E-state index in [2.05, 4.69) is 27.0 Å². The Hall–Kier alpha value is -1.38. The van der Waals surface area contributed by atoms with Crippen molar-refractivity contribution in [3.05, 3.63) is 39.8 Å². The van der Waals surface area contributed by atoms with Crippen molar-refractivity contribution in [2.45, 2.75) is 0 Å². The number of rotatable bonds is 2. The highest BCUT2D eigenvalue weighted by Crippen LogP contribution is 2.28. The van der Waals surface area contributed by atoms with Gasteiger partial charge in [-0.2, -0.15) is 5.26 Å². The molecule has 5 heteroatoms. The van der Waals surface area contributed by atoms with E-state index in [1.54, 1.807) is 17.4 Å². The average molecular weight is 294 g/mol. The largest absolute Gasteiger partial charge is 0.321 e. The van der Waals surface area contributed by atoms with E-state index < -0.39 is 0 Å². The third-order valence-electron chi connectivity index (χ3n) is 2.11. The highest BCUT2D eigenvalue weighted by atomic mass is 79.9.